The molecule has 3 saturated heterocycles. The summed E-state index contributed by atoms with van der Waals surface area (Å²) in [6.45, 7) is 5.42. The van der Waals surface area contributed by atoms with E-state index >= 15 is 0 Å². The topological polar surface area (TPSA) is 174 Å². The number of aromatic amines is 1. The summed E-state index contributed by atoms with van der Waals surface area (Å²) in [5.74, 6) is -0.590. The third-order valence-electron chi connectivity index (χ3n) is 6.91. The molecule has 13 nitrogen and oxygen atoms in total. The molecule has 200 valence electrons. The fourth-order valence-electron chi connectivity index (χ4n) is 4.96. The summed E-state index contributed by atoms with van der Waals surface area (Å²) in [6, 6.07) is 4.94. The van der Waals surface area contributed by atoms with Crippen LogP contribution in [0.3, 0.4) is 0 Å². The van der Waals surface area contributed by atoms with Crippen molar-refractivity contribution in [3.63, 3.8) is 0 Å². The number of carbonyl (C=O) groups is 2. The lowest BCUT2D eigenvalue weighted by molar-refractivity contribution is -0.123. The van der Waals surface area contributed by atoms with E-state index in [4.69, 9.17) is 29.0 Å². The van der Waals surface area contributed by atoms with Crippen molar-refractivity contribution in [3.8, 4) is 0 Å². The van der Waals surface area contributed by atoms with E-state index in [2.05, 4.69) is 21.8 Å². The van der Waals surface area contributed by atoms with Gasteiger partial charge in [0.25, 0.3) is 12.9 Å². The fraction of sp³-hybridized carbons (Fsp3) is 0.591. The van der Waals surface area contributed by atoms with Gasteiger partial charge in [0.15, 0.2) is 5.58 Å². The van der Waals surface area contributed by atoms with E-state index in [0.29, 0.717) is 37.5 Å². The number of oxazole rings is 1. The van der Waals surface area contributed by atoms with Crippen LogP contribution in [0.25, 0.3) is 11.1 Å². The molecule has 1 spiro atoms. The largest absolute Gasteiger partial charge is 0.483 e. The van der Waals surface area contributed by atoms with Crippen molar-refractivity contribution in [3.05, 3.63) is 28.7 Å². The first kappa shape index (κ1) is 27.8. The number of ether oxygens (including phenoxy) is 1. The average Bonchev–Trinajstić information content (AvgIpc) is 3.43. The number of sulfonamides is 1. The molecule has 3 N–H and O–H groups in total. The van der Waals surface area contributed by atoms with E-state index in [0.717, 1.165) is 39.2 Å². The lowest BCUT2D eigenvalue weighted by Crippen LogP contribution is -2.50. The normalized spacial score (nSPS) is 22.9. The number of nitrogens with one attached hydrogen (secondary N) is 1. The number of carboxylic acid groups (broad SMARTS) is 2. The van der Waals surface area contributed by atoms with E-state index in [9.17, 15) is 13.2 Å². The number of aromatic nitrogens is 1. The monoisotopic (exact) mass is 528 g/mol. The SMILES string of the molecule is CN1CCN(C2COC3(CCN(S(=O)(=O)c4ccc5[nH]c(=O)oc5c4)CC3)C2)CC1.O=CO.O=CO. The van der Waals surface area contributed by atoms with Gasteiger partial charge in [-0.2, -0.15) is 4.31 Å². The molecule has 0 bridgehead atoms. The molecule has 0 aliphatic carbocycles. The smallest absolute Gasteiger partial charge is 0.417 e. The number of hydrogen-bond donors (Lipinski definition) is 3. The second-order valence-corrected chi connectivity index (χ2v) is 10.9. The van der Waals surface area contributed by atoms with Crippen LogP contribution in [0.15, 0.2) is 32.3 Å². The van der Waals surface area contributed by atoms with E-state index < -0.39 is 15.8 Å². The van der Waals surface area contributed by atoms with Crippen molar-refractivity contribution in [1.29, 1.82) is 0 Å². The second-order valence-electron chi connectivity index (χ2n) is 8.98. The predicted octanol–water partition coefficient (Wildman–Crippen LogP) is 0.0823. The molecule has 1 aromatic heterocycles. The zero-order valence-electron chi connectivity index (χ0n) is 20.0. The highest BCUT2D eigenvalue weighted by molar-refractivity contribution is 7.89. The first-order chi connectivity index (χ1) is 17.2. The highest BCUT2D eigenvalue weighted by Crippen LogP contribution is 2.39. The van der Waals surface area contributed by atoms with E-state index in [-0.39, 0.29) is 29.0 Å². The standard InChI is InChI=1S/C20H28N4O5S.2CH2O2/c1-22-8-10-23(11-9-22)15-13-20(28-14-15)4-6-24(7-5-20)30(26,27)16-2-3-17-18(12-16)29-19(25)21-17;2*2-1-3/h2-3,12,15H,4-11,13-14H2,1H3,(H,21,25);2*1H,(H,2,3). The Balaban J connectivity index is 0.000000550. The number of rotatable bonds is 3. The third kappa shape index (κ3) is 6.31. The molecule has 3 aliphatic rings. The van der Waals surface area contributed by atoms with Gasteiger partial charge in [0.2, 0.25) is 10.0 Å². The van der Waals surface area contributed by atoms with Crippen LogP contribution in [0.2, 0.25) is 0 Å². The van der Waals surface area contributed by atoms with Gasteiger partial charge in [-0.1, -0.05) is 0 Å². The zero-order chi connectivity index (χ0) is 26.3. The summed E-state index contributed by atoms with van der Waals surface area (Å²) < 4.78 is 39.1. The predicted molar refractivity (Wildman–Crippen MR) is 128 cm³/mol. The third-order valence-corrected chi connectivity index (χ3v) is 8.80. The molecule has 5 rings (SSSR count). The number of benzene rings is 1. The second kappa shape index (κ2) is 12.0. The highest BCUT2D eigenvalue weighted by atomic mass is 32.2. The lowest BCUT2D eigenvalue weighted by atomic mass is 9.88. The molecule has 0 radical (unpaired) electrons. The van der Waals surface area contributed by atoms with Gasteiger partial charge in [-0.3, -0.25) is 19.5 Å². The number of piperazine rings is 1. The number of fused-ring (bicyclic) bond motifs is 1. The van der Waals surface area contributed by atoms with Gasteiger partial charge in [-0.25, -0.2) is 13.2 Å². The van der Waals surface area contributed by atoms with Gasteiger partial charge in [0.05, 0.1) is 22.6 Å². The Bertz CT molecular complexity index is 1170. The Morgan fingerprint density at radius 1 is 1.06 bits per heavy atom. The summed E-state index contributed by atoms with van der Waals surface area (Å²) in [5, 5.41) is 13.8. The summed E-state index contributed by atoms with van der Waals surface area (Å²) in [4.78, 5) is 35.6. The van der Waals surface area contributed by atoms with Crippen molar-refractivity contribution in [2.75, 3.05) is 52.9 Å². The fourth-order valence-corrected chi connectivity index (χ4v) is 6.42. The molecule has 1 aromatic carbocycles. The number of piperidine rings is 1. The highest BCUT2D eigenvalue weighted by Gasteiger charge is 2.46. The minimum Gasteiger partial charge on any atom is -0.483 e. The Morgan fingerprint density at radius 3 is 2.28 bits per heavy atom. The van der Waals surface area contributed by atoms with Crippen LogP contribution in [0.1, 0.15) is 19.3 Å². The maximum Gasteiger partial charge on any atom is 0.417 e. The van der Waals surface area contributed by atoms with Gasteiger partial charge in [-0.15, -0.1) is 0 Å². The number of H-pyrrole nitrogens is 1. The molecule has 0 saturated carbocycles. The average molecular weight is 529 g/mol. The van der Waals surface area contributed by atoms with Crippen LogP contribution in [0.4, 0.5) is 0 Å². The molecule has 1 unspecified atom stereocenters. The maximum atomic E-state index is 13.1. The van der Waals surface area contributed by atoms with E-state index in [1.807, 2.05) is 0 Å². The van der Waals surface area contributed by atoms with Gasteiger partial charge in [0, 0.05) is 51.4 Å². The van der Waals surface area contributed by atoms with E-state index in [1.54, 1.807) is 6.07 Å². The molecule has 3 aliphatic heterocycles. The summed E-state index contributed by atoms with van der Waals surface area (Å²) in [6.07, 6.45) is 2.39. The Morgan fingerprint density at radius 2 is 1.67 bits per heavy atom. The number of hydrogen-bond acceptors (Lipinski definition) is 9. The minimum absolute atomic E-state index is 0.149. The minimum atomic E-state index is -3.64. The van der Waals surface area contributed by atoms with Crippen LogP contribution in [-0.4, -0.2) is 115 Å². The van der Waals surface area contributed by atoms with Crippen molar-refractivity contribution in [2.24, 2.45) is 0 Å². The van der Waals surface area contributed by atoms with Crippen LogP contribution in [0.5, 0.6) is 0 Å². The van der Waals surface area contributed by atoms with Gasteiger partial charge in [-0.05, 0) is 38.4 Å². The van der Waals surface area contributed by atoms with Gasteiger partial charge < -0.3 is 24.3 Å². The molecular formula is C22H32N4O9S. The van der Waals surface area contributed by atoms with Crippen LogP contribution in [-0.2, 0) is 24.3 Å². The molecule has 0 amide bonds. The van der Waals surface area contributed by atoms with Crippen LogP contribution < -0.4 is 5.76 Å². The molecule has 3 fully saturated rings. The number of likely N-dealkylation sites (N-methyl/N-ethyl adjacent to an activating group) is 1. The summed E-state index contributed by atoms with van der Waals surface area (Å²) in [7, 11) is -1.49. The summed E-state index contributed by atoms with van der Waals surface area (Å²) >= 11 is 0. The Hall–Kier alpha value is -2.78. The van der Waals surface area contributed by atoms with Crippen LogP contribution >= 0.6 is 0 Å². The van der Waals surface area contributed by atoms with Crippen molar-refractivity contribution >= 4 is 34.1 Å². The first-order valence-electron chi connectivity index (χ1n) is 11.5. The lowest BCUT2D eigenvalue weighted by Gasteiger charge is -2.39. The molecule has 36 heavy (non-hydrogen) atoms. The van der Waals surface area contributed by atoms with Gasteiger partial charge in [0.1, 0.15) is 0 Å². The Kier molecular flexibility index (Phi) is 9.24. The summed E-state index contributed by atoms with van der Waals surface area (Å²) in [5.41, 5.74) is 0.534. The molecule has 1 atom stereocenters. The van der Waals surface area contributed by atoms with Crippen LogP contribution in [0, 0.1) is 0 Å². The first-order valence-corrected chi connectivity index (χ1v) is 13.0. The van der Waals surface area contributed by atoms with Crippen molar-refractivity contribution in [2.45, 2.75) is 35.8 Å². The zero-order valence-corrected chi connectivity index (χ0v) is 20.9. The molecular weight excluding hydrogens is 496 g/mol. The quantitative estimate of drug-likeness (QED) is 0.460. The number of nitrogens with zero attached hydrogens (tertiary/aromatic N) is 3. The molecule has 14 heteroatoms. The van der Waals surface area contributed by atoms with Crippen molar-refractivity contribution < 1.29 is 37.4 Å². The van der Waals surface area contributed by atoms with E-state index in [1.165, 1.54) is 16.4 Å². The van der Waals surface area contributed by atoms with Crippen molar-refractivity contribution in [1.82, 2.24) is 19.1 Å². The van der Waals surface area contributed by atoms with Gasteiger partial charge >= 0.3 is 5.76 Å². The molecule has 2 aromatic rings. The molecule has 4 heterocycles. The Labute approximate surface area is 208 Å². The maximum absolute atomic E-state index is 13.1.